The monoisotopic (exact) mass is 409 g/mol. The van der Waals surface area contributed by atoms with E-state index in [-0.39, 0.29) is 15.6 Å². The minimum atomic E-state index is -0.719. The maximum Gasteiger partial charge on any atom is 0.338 e. The number of ether oxygens (including phenoxy) is 2. The highest BCUT2D eigenvalue weighted by atomic mass is 35.5. The van der Waals surface area contributed by atoms with Gasteiger partial charge < -0.3 is 14.8 Å². The minimum Gasteiger partial charge on any atom is -0.462 e. The third kappa shape index (κ3) is 6.58. The summed E-state index contributed by atoms with van der Waals surface area (Å²) in [5.41, 5.74) is 0.981. The molecule has 142 valence electrons. The summed E-state index contributed by atoms with van der Waals surface area (Å²) in [5.74, 6) is -1.68. The number of esters is 2. The van der Waals surface area contributed by atoms with Gasteiger partial charge in [0.05, 0.1) is 17.7 Å². The van der Waals surface area contributed by atoms with Crippen molar-refractivity contribution >= 4 is 46.7 Å². The third-order valence-electron chi connectivity index (χ3n) is 3.27. The van der Waals surface area contributed by atoms with E-state index >= 15 is 0 Å². The van der Waals surface area contributed by atoms with E-state index in [1.165, 1.54) is 30.3 Å². The minimum absolute atomic E-state index is 0.148. The molecule has 0 aliphatic carbocycles. The molecule has 1 N–H and O–H groups in total. The van der Waals surface area contributed by atoms with Crippen molar-refractivity contribution in [1.82, 2.24) is 0 Å². The Balaban J connectivity index is 1.86. The van der Waals surface area contributed by atoms with Crippen molar-refractivity contribution in [2.75, 3.05) is 18.5 Å². The van der Waals surface area contributed by atoms with Crippen LogP contribution in [-0.2, 0) is 14.3 Å². The maximum atomic E-state index is 11.9. The van der Waals surface area contributed by atoms with E-state index in [9.17, 15) is 14.4 Å². The Morgan fingerprint density at radius 1 is 0.889 bits per heavy atom. The number of nitrogens with one attached hydrogen (secondary N) is 1. The van der Waals surface area contributed by atoms with Crippen molar-refractivity contribution in [2.45, 2.75) is 13.3 Å². The SMILES string of the molecule is CCCOC(=O)c1ccc(NC(=O)COC(=O)c2cc(Cl)cc(Cl)c2)cc1. The van der Waals surface area contributed by atoms with Crippen molar-refractivity contribution in [3.63, 3.8) is 0 Å². The van der Waals surface area contributed by atoms with Crippen molar-refractivity contribution in [3.8, 4) is 0 Å². The molecule has 0 aliphatic rings. The van der Waals surface area contributed by atoms with Gasteiger partial charge in [-0.15, -0.1) is 0 Å². The summed E-state index contributed by atoms with van der Waals surface area (Å²) in [6.07, 6.45) is 0.736. The Kier molecular flexibility index (Phi) is 7.64. The largest absolute Gasteiger partial charge is 0.462 e. The lowest BCUT2D eigenvalue weighted by Crippen LogP contribution is -2.21. The van der Waals surface area contributed by atoms with Crippen LogP contribution in [0.4, 0.5) is 5.69 Å². The first kappa shape index (κ1) is 20.7. The lowest BCUT2D eigenvalue weighted by Gasteiger charge is -2.08. The Labute approximate surface area is 166 Å². The second-order valence-electron chi connectivity index (χ2n) is 5.50. The van der Waals surface area contributed by atoms with E-state index < -0.39 is 24.5 Å². The molecule has 0 unspecified atom stereocenters. The molecule has 0 radical (unpaired) electrons. The summed E-state index contributed by atoms with van der Waals surface area (Å²) in [4.78, 5) is 35.6. The molecule has 2 aromatic carbocycles. The molecule has 27 heavy (non-hydrogen) atoms. The van der Waals surface area contributed by atoms with E-state index in [2.05, 4.69) is 5.32 Å². The Morgan fingerprint density at radius 2 is 1.48 bits per heavy atom. The average molecular weight is 410 g/mol. The van der Waals surface area contributed by atoms with Gasteiger partial charge in [0, 0.05) is 15.7 Å². The van der Waals surface area contributed by atoms with Crippen molar-refractivity contribution in [1.29, 1.82) is 0 Å². The van der Waals surface area contributed by atoms with Gasteiger partial charge in [-0.2, -0.15) is 0 Å². The molecule has 0 saturated heterocycles. The molecule has 2 aromatic rings. The molecule has 0 saturated carbocycles. The number of amides is 1. The lowest BCUT2D eigenvalue weighted by molar-refractivity contribution is -0.119. The van der Waals surface area contributed by atoms with Crippen LogP contribution < -0.4 is 5.32 Å². The molecule has 2 rings (SSSR count). The van der Waals surface area contributed by atoms with Gasteiger partial charge >= 0.3 is 11.9 Å². The fourth-order valence-corrected chi connectivity index (χ4v) is 2.58. The summed E-state index contributed by atoms with van der Waals surface area (Å²) in [6.45, 7) is 1.77. The number of anilines is 1. The van der Waals surface area contributed by atoms with Gasteiger partial charge in [-0.25, -0.2) is 9.59 Å². The van der Waals surface area contributed by atoms with Gasteiger partial charge in [0.2, 0.25) is 0 Å². The van der Waals surface area contributed by atoms with Gasteiger partial charge in [-0.05, 0) is 48.9 Å². The fraction of sp³-hybridized carbons (Fsp3) is 0.211. The van der Waals surface area contributed by atoms with Crippen LogP contribution in [0.1, 0.15) is 34.1 Å². The molecular weight excluding hydrogens is 393 g/mol. The first-order valence-corrected chi connectivity index (χ1v) is 8.85. The first-order chi connectivity index (χ1) is 12.9. The van der Waals surface area contributed by atoms with Crippen LogP contribution in [0.3, 0.4) is 0 Å². The van der Waals surface area contributed by atoms with Gasteiger partial charge in [0.25, 0.3) is 5.91 Å². The first-order valence-electron chi connectivity index (χ1n) is 8.09. The van der Waals surface area contributed by atoms with Gasteiger partial charge in [-0.1, -0.05) is 30.1 Å². The number of carbonyl (C=O) groups is 3. The maximum absolute atomic E-state index is 11.9. The van der Waals surface area contributed by atoms with Crippen LogP contribution in [-0.4, -0.2) is 31.1 Å². The zero-order chi connectivity index (χ0) is 19.8. The van der Waals surface area contributed by atoms with E-state index in [0.717, 1.165) is 6.42 Å². The van der Waals surface area contributed by atoms with Crippen molar-refractivity contribution < 1.29 is 23.9 Å². The smallest absolute Gasteiger partial charge is 0.338 e. The predicted octanol–water partition coefficient (Wildman–Crippen LogP) is 4.36. The summed E-state index contributed by atoms with van der Waals surface area (Å²) in [6, 6.07) is 10.4. The number of rotatable bonds is 7. The normalized spacial score (nSPS) is 10.2. The average Bonchev–Trinajstić information content (AvgIpc) is 2.64. The highest BCUT2D eigenvalue weighted by Gasteiger charge is 2.12. The molecule has 0 bridgehead atoms. The molecule has 1 amide bonds. The van der Waals surface area contributed by atoms with Crippen LogP contribution >= 0.6 is 23.2 Å². The Bertz CT molecular complexity index is 816. The Morgan fingerprint density at radius 3 is 2.07 bits per heavy atom. The molecule has 8 heteroatoms. The topological polar surface area (TPSA) is 81.7 Å². The number of hydrogen-bond donors (Lipinski definition) is 1. The van der Waals surface area contributed by atoms with Crippen LogP contribution in [0, 0.1) is 0 Å². The van der Waals surface area contributed by atoms with Crippen molar-refractivity contribution in [3.05, 3.63) is 63.6 Å². The highest BCUT2D eigenvalue weighted by molar-refractivity contribution is 6.35. The standard InChI is InChI=1S/C19H17Cl2NO5/c1-2-7-26-18(24)12-3-5-16(6-4-12)22-17(23)11-27-19(25)13-8-14(20)10-15(21)9-13/h3-6,8-10H,2,7,11H2,1H3,(H,22,23). The van der Waals surface area contributed by atoms with Gasteiger partial charge in [0.1, 0.15) is 0 Å². The molecule has 0 aliphatic heterocycles. The molecule has 0 spiro atoms. The number of halogens is 2. The second kappa shape index (κ2) is 9.94. The Hall–Kier alpha value is -2.57. The summed E-state index contributed by atoms with van der Waals surface area (Å²) in [7, 11) is 0. The van der Waals surface area contributed by atoms with Gasteiger partial charge in [0.15, 0.2) is 6.61 Å². The fourth-order valence-electron chi connectivity index (χ4n) is 2.05. The number of hydrogen-bond acceptors (Lipinski definition) is 5. The molecule has 0 heterocycles. The quantitative estimate of drug-likeness (QED) is 0.687. The molecule has 0 fully saturated rings. The molecule has 6 nitrogen and oxygen atoms in total. The predicted molar refractivity (Wildman–Crippen MR) is 102 cm³/mol. The molecular formula is C19H17Cl2NO5. The van der Waals surface area contributed by atoms with Crippen LogP contribution in [0.5, 0.6) is 0 Å². The zero-order valence-electron chi connectivity index (χ0n) is 14.5. The van der Waals surface area contributed by atoms with Crippen LogP contribution in [0.15, 0.2) is 42.5 Å². The highest BCUT2D eigenvalue weighted by Crippen LogP contribution is 2.19. The summed E-state index contributed by atoms with van der Waals surface area (Å²) < 4.78 is 9.96. The zero-order valence-corrected chi connectivity index (χ0v) is 16.0. The summed E-state index contributed by atoms with van der Waals surface area (Å²) in [5, 5.41) is 3.14. The lowest BCUT2D eigenvalue weighted by atomic mass is 10.2. The van der Waals surface area contributed by atoms with E-state index in [1.54, 1.807) is 12.1 Å². The number of benzene rings is 2. The molecule has 0 atom stereocenters. The second-order valence-corrected chi connectivity index (χ2v) is 6.37. The van der Waals surface area contributed by atoms with E-state index in [1.807, 2.05) is 6.92 Å². The molecule has 0 aromatic heterocycles. The van der Waals surface area contributed by atoms with E-state index in [4.69, 9.17) is 32.7 Å². The van der Waals surface area contributed by atoms with Crippen molar-refractivity contribution in [2.24, 2.45) is 0 Å². The van der Waals surface area contributed by atoms with Crippen LogP contribution in [0.25, 0.3) is 0 Å². The van der Waals surface area contributed by atoms with Crippen LogP contribution in [0.2, 0.25) is 10.0 Å². The number of carbonyl (C=O) groups excluding carboxylic acids is 3. The third-order valence-corrected chi connectivity index (χ3v) is 3.71. The van der Waals surface area contributed by atoms with Gasteiger partial charge in [-0.3, -0.25) is 4.79 Å². The summed E-state index contributed by atoms with van der Waals surface area (Å²) >= 11 is 11.6. The van der Waals surface area contributed by atoms with E-state index in [0.29, 0.717) is 17.9 Å².